The second kappa shape index (κ2) is 3.32. The van der Waals surface area contributed by atoms with E-state index in [-0.39, 0.29) is 15.8 Å². The van der Waals surface area contributed by atoms with Gasteiger partial charge in [-0.05, 0) is 20.8 Å². The van der Waals surface area contributed by atoms with Gasteiger partial charge in [-0.3, -0.25) is 0 Å². The van der Waals surface area contributed by atoms with Gasteiger partial charge in [-0.25, -0.2) is 14.6 Å². The van der Waals surface area contributed by atoms with E-state index in [0.29, 0.717) is 11.2 Å². The van der Waals surface area contributed by atoms with Crippen LogP contribution in [0.5, 0.6) is 0 Å². The molecule has 0 aliphatic rings. The number of hydrogen-bond donors (Lipinski definition) is 0. The van der Waals surface area contributed by atoms with Crippen LogP contribution >= 0.6 is 23.2 Å². The van der Waals surface area contributed by atoms with Crippen LogP contribution in [0.2, 0.25) is 10.3 Å². The first-order chi connectivity index (χ1) is 6.89. The monoisotopic (exact) mass is 244 g/mol. The molecule has 0 aliphatic carbocycles. The molecule has 0 aromatic carbocycles. The Kier molecular flexibility index (Phi) is 2.35. The second-order valence-corrected chi connectivity index (χ2v) is 4.96. The van der Waals surface area contributed by atoms with Crippen molar-refractivity contribution in [3.8, 4) is 0 Å². The normalized spacial score (nSPS) is 12.3. The summed E-state index contributed by atoms with van der Waals surface area (Å²) in [6.45, 7) is 6.09. The number of hydrogen-bond acceptors (Lipinski definition) is 3. The molecule has 0 spiro atoms. The van der Waals surface area contributed by atoms with Crippen LogP contribution in [0, 0.1) is 0 Å². The van der Waals surface area contributed by atoms with Crippen LogP contribution in [0.25, 0.3) is 11.2 Å². The standard InChI is InChI=1S/C9H10Cl2N4/c1-9(2,3)15-8-5(4-12-15)13-6(10)7(11)14-8/h4H,1-3H3. The topological polar surface area (TPSA) is 43.6 Å². The number of rotatable bonds is 0. The first-order valence-electron chi connectivity index (χ1n) is 4.47. The summed E-state index contributed by atoms with van der Waals surface area (Å²) in [4.78, 5) is 8.27. The Morgan fingerprint density at radius 3 is 2.33 bits per heavy atom. The van der Waals surface area contributed by atoms with Crippen LogP contribution in [0.4, 0.5) is 0 Å². The van der Waals surface area contributed by atoms with Crippen LogP contribution in [0.15, 0.2) is 6.20 Å². The van der Waals surface area contributed by atoms with E-state index >= 15 is 0 Å². The molecule has 0 amide bonds. The van der Waals surface area contributed by atoms with Gasteiger partial charge in [0.1, 0.15) is 5.52 Å². The summed E-state index contributed by atoms with van der Waals surface area (Å²) in [7, 11) is 0. The van der Waals surface area contributed by atoms with E-state index in [2.05, 4.69) is 15.1 Å². The molecule has 4 nitrogen and oxygen atoms in total. The summed E-state index contributed by atoms with van der Waals surface area (Å²) in [5.41, 5.74) is 1.14. The molecule has 0 aliphatic heterocycles. The molecule has 2 aromatic heterocycles. The molecule has 0 saturated carbocycles. The Bertz CT molecular complexity index is 513. The zero-order chi connectivity index (χ0) is 11.2. The lowest BCUT2D eigenvalue weighted by Gasteiger charge is -2.19. The van der Waals surface area contributed by atoms with Gasteiger partial charge in [0.2, 0.25) is 0 Å². The van der Waals surface area contributed by atoms with E-state index in [0.717, 1.165) is 0 Å². The molecule has 15 heavy (non-hydrogen) atoms. The third-order valence-corrected chi connectivity index (χ3v) is 2.58. The fourth-order valence-electron chi connectivity index (χ4n) is 1.30. The van der Waals surface area contributed by atoms with Crippen molar-refractivity contribution >= 4 is 34.4 Å². The lowest BCUT2D eigenvalue weighted by Crippen LogP contribution is -2.23. The van der Waals surface area contributed by atoms with Crippen molar-refractivity contribution in [2.24, 2.45) is 0 Å². The van der Waals surface area contributed by atoms with Crippen LogP contribution in [-0.4, -0.2) is 19.7 Å². The molecule has 0 saturated heterocycles. The summed E-state index contributed by atoms with van der Waals surface area (Å²) in [6.07, 6.45) is 1.63. The molecule has 0 fully saturated rings. The van der Waals surface area contributed by atoms with Crippen LogP contribution in [0.3, 0.4) is 0 Å². The van der Waals surface area contributed by atoms with Crippen molar-refractivity contribution in [2.45, 2.75) is 26.3 Å². The first-order valence-corrected chi connectivity index (χ1v) is 5.22. The number of aromatic nitrogens is 4. The zero-order valence-electron chi connectivity index (χ0n) is 8.62. The molecule has 2 heterocycles. The van der Waals surface area contributed by atoms with Gasteiger partial charge in [-0.2, -0.15) is 5.10 Å². The maximum absolute atomic E-state index is 5.82. The highest BCUT2D eigenvalue weighted by Crippen LogP contribution is 2.24. The molecule has 6 heteroatoms. The van der Waals surface area contributed by atoms with Crippen molar-refractivity contribution in [1.82, 2.24) is 19.7 Å². The van der Waals surface area contributed by atoms with Gasteiger partial charge in [-0.15, -0.1) is 0 Å². The summed E-state index contributed by atoms with van der Waals surface area (Å²) in [5.74, 6) is 0. The minimum atomic E-state index is -0.159. The molecule has 0 N–H and O–H groups in total. The fourth-order valence-corrected chi connectivity index (χ4v) is 1.55. The first kappa shape index (κ1) is 10.6. The zero-order valence-corrected chi connectivity index (χ0v) is 10.1. The summed E-state index contributed by atoms with van der Waals surface area (Å²) in [5, 5.41) is 4.63. The van der Waals surface area contributed by atoms with E-state index in [1.807, 2.05) is 20.8 Å². The highest BCUT2D eigenvalue weighted by molar-refractivity contribution is 6.40. The van der Waals surface area contributed by atoms with Crippen molar-refractivity contribution in [2.75, 3.05) is 0 Å². The number of nitrogens with zero attached hydrogens (tertiary/aromatic N) is 4. The van der Waals surface area contributed by atoms with Gasteiger partial charge in [0, 0.05) is 0 Å². The third kappa shape index (κ3) is 1.79. The maximum Gasteiger partial charge on any atom is 0.178 e. The predicted molar refractivity (Wildman–Crippen MR) is 60.3 cm³/mol. The average molecular weight is 245 g/mol. The Labute approximate surface area is 97.2 Å². The maximum atomic E-state index is 5.82. The Morgan fingerprint density at radius 2 is 1.73 bits per heavy atom. The Morgan fingerprint density at radius 1 is 1.13 bits per heavy atom. The number of fused-ring (bicyclic) bond motifs is 1. The minimum Gasteiger partial charge on any atom is -0.241 e. The molecule has 80 valence electrons. The molecular formula is C9H10Cl2N4. The molecule has 0 bridgehead atoms. The largest absolute Gasteiger partial charge is 0.241 e. The smallest absolute Gasteiger partial charge is 0.178 e. The molecule has 2 aromatic rings. The van der Waals surface area contributed by atoms with Gasteiger partial charge in [0.25, 0.3) is 0 Å². The van der Waals surface area contributed by atoms with E-state index in [1.165, 1.54) is 0 Å². The average Bonchev–Trinajstić information content (AvgIpc) is 2.47. The predicted octanol–water partition coefficient (Wildman–Crippen LogP) is 2.89. The Hall–Kier alpha value is -0.870. The van der Waals surface area contributed by atoms with Crippen molar-refractivity contribution in [3.05, 3.63) is 16.5 Å². The fraction of sp³-hybridized carbons (Fsp3) is 0.444. The Balaban J connectivity index is 2.75. The lowest BCUT2D eigenvalue weighted by atomic mass is 10.1. The van der Waals surface area contributed by atoms with Gasteiger partial charge in [-0.1, -0.05) is 23.2 Å². The van der Waals surface area contributed by atoms with Gasteiger partial charge >= 0.3 is 0 Å². The van der Waals surface area contributed by atoms with Gasteiger partial charge in [0.05, 0.1) is 11.7 Å². The van der Waals surface area contributed by atoms with E-state index in [1.54, 1.807) is 10.9 Å². The number of halogens is 2. The van der Waals surface area contributed by atoms with Gasteiger partial charge < -0.3 is 0 Å². The van der Waals surface area contributed by atoms with E-state index in [4.69, 9.17) is 23.2 Å². The van der Waals surface area contributed by atoms with Crippen LogP contribution < -0.4 is 0 Å². The van der Waals surface area contributed by atoms with E-state index < -0.39 is 0 Å². The molecule has 0 atom stereocenters. The van der Waals surface area contributed by atoms with Crippen molar-refractivity contribution < 1.29 is 0 Å². The van der Waals surface area contributed by atoms with Crippen LogP contribution in [-0.2, 0) is 5.54 Å². The van der Waals surface area contributed by atoms with E-state index in [9.17, 15) is 0 Å². The molecule has 0 radical (unpaired) electrons. The minimum absolute atomic E-state index is 0.159. The molecule has 2 rings (SSSR count). The highest BCUT2D eigenvalue weighted by Gasteiger charge is 2.19. The lowest BCUT2D eigenvalue weighted by molar-refractivity contribution is 0.366. The summed E-state index contributed by atoms with van der Waals surface area (Å²) >= 11 is 11.6. The second-order valence-electron chi connectivity index (χ2n) is 4.24. The SMILES string of the molecule is CC(C)(C)n1ncc2nc(Cl)c(Cl)nc21. The summed E-state index contributed by atoms with van der Waals surface area (Å²) in [6, 6.07) is 0. The quantitative estimate of drug-likeness (QED) is 0.716. The van der Waals surface area contributed by atoms with Crippen molar-refractivity contribution in [1.29, 1.82) is 0 Å². The van der Waals surface area contributed by atoms with Gasteiger partial charge in [0.15, 0.2) is 16.0 Å². The highest BCUT2D eigenvalue weighted by atomic mass is 35.5. The summed E-state index contributed by atoms with van der Waals surface area (Å²) < 4.78 is 1.78. The van der Waals surface area contributed by atoms with Crippen molar-refractivity contribution in [3.63, 3.8) is 0 Å². The van der Waals surface area contributed by atoms with Crippen LogP contribution in [0.1, 0.15) is 20.8 Å². The third-order valence-electron chi connectivity index (χ3n) is 1.95. The molecule has 0 unspecified atom stereocenters. The molecular weight excluding hydrogens is 235 g/mol.